The molecule has 0 radical (unpaired) electrons. The number of nitrogens with zero attached hydrogens (tertiary/aromatic N) is 1. The minimum absolute atomic E-state index is 1.08. The van der Waals surface area contributed by atoms with Gasteiger partial charge in [-0.1, -0.05) is 58.1 Å². The Labute approximate surface area is 94.9 Å². The fourth-order valence-corrected chi connectivity index (χ4v) is 2.03. The van der Waals surface area contributed by atoms with Crippen molar-refractivity contribution in [2.45, 2.75) is 51.9 Å². The van der Waals surface area contributed by atoms with Crippen LogP contribution in [0, 0.1) is 0 Å². The van der Waals surface area contributed by atoms with Crippen LogP contribution >= 0.6 is 0 Å². The summed E-state index contributed by atoms with van der Waals surface area (Å²) in [6.45, 7) is 8.56. The molecular weight excluding hydrogens is 182 g/mol. The maximum absolute atomic E-state index is 4.01. The quantitative estimate of drug-likeness (QED) is 0.541. The highest BCUT2D eigenvalue weighted by Gasteiger charge is 2.07. The number of rotatable bonds is 8. The summed E-state index contributed by atoms with van der Waals surface area (Å²) in [6, 6.07) is 0. The molecular formula is C14H25N. The summed E-state index contributed by atoms with van der Waals surface area (Å²) >= 11 is 0. The molecule has 0 amide bonds. The van der Waals surface area contributed by atoms with Crippen molar-refractivity contribution in [3.63, 3.8) is 0 Å². The van der Waals surface area contributed by atoms with Crippen LogP contribution in [0.1, 0.15) is 51.9 Å². The molecule has 0 fully saturated rings. The van der Waals surface area contributed by atoms with E-state index in [-0.39, 0.29) is 0 Å². The highest BCUT2D eigenvalue weighted by atomic mass is 15.1. The SMILES string of the molecule is C=C1C=CCN1CCCCCCCCC. The largest absolute Gasteiger partial charge is 0.368 e. The predicted molar refractivity (Wildman–Crippen MR) is 67.8 cm³/mol. The molecule has 15 heavy (non-hydrogen) atoms. The summed E-state index contributed by atoms with van der Waals surface area (Å²) in [4.78, 5) is 2.37. The molecule has 0 bridgehead atoms. The predicted octanol–water partition coefficient (Wildman–Crippen LogP) is 4.12. The number of hydrogen-bond acceptors (Lipinski definition) is 1. The van der Waals surface area contributed by atoms with Crippen molar-refractivity contribution in [1.82, 2.24) is 4.90 Å². The van der Waals surface area contributed by atoms with Gasteiger partial charge in [0.25, 0.3) is 0 Å². The molecule has 1 aliphatic rings. The molecule has 86 valence electrons. The lowest BCUT2D eigenvalue weighted by molar-refractivity contribution is 0.389. The first kappa shape index (κ1) is 12.4. The van der Waals surface area contributed by atoms with Gasteiger partial charge in [0.15, 0.2) is 0 Å². The summed E-state index contributed by atoms with van der Waals surface area (Å²) in [5.74, 6) is 0. The van der Waals surface area contributed by atoms with Gasteiger partial charge in [0.2, 0.25) is 0 Å². The Morgan fingerprint density at radius 2 is 1.80 bits per heavy atom. The highest BCUT2D eigenvalue weighted by molar-refractivity contribution is 5.20. The van der Waals surface area contributed by atoms with Crippen LogP contribution < -0.4 is 0 Å². The van der Waals surface area contributed by atoms with Gasteiger partial charge in [0.1, 0.15) is 0 Å². The second-order valence-electron chi connectivity index (χ2n) is 4.46. The third kappa shape index (κ3) is 5.06. The van der Waals surface area contributed by atoms with Gasteiger partial charge in [0.05, 0.1) is 0 Å². The molecule has 1 heterocycles. The summed E-state index contributed by atoms with van der Waals surface area (Å²) < 4.78 is 0. The van der Waals surface area contributed by atoms with E-state index in [4.69, 9.17) is 0 Å². The van der Waals surface area contributed by atoms with E-state index < -0.39 is 0 Å². The lowest BCUT2D eigenvalue weighted by Gasteiger charge is -2.18. The van der Waals surface area contributed by atoms with Gasteiger partial charge in [-0.25, -0.2) is 0 Å². The van der Waals surface area contributed by atoms with Crippen molar-refractivity contribution in [3.05, 3.63) is 24.4 Å². The van der Waals surface area contributed by atoms with Crippen LogP contribution in [0.4, 0.5) is 0 Å². The van der Waals surface area contributed by atoms with Crippen molar-refractivity contribution in [1.29, 1.82) is 0 Å². The second-order valence-corrected chi connectivity index (χ2v) is 4.46. The van der Waals surface area contributed by atoms with Gasteiger partial charge >= 0.3 is 0 Å². The molecule has 0 aromatic heterocycles. The van der Waals surface area contributed by atoms with Crippen LogP contribution in [0.5, 0.6) is 0 Å². The van der Waals surface area contributed by atoms with Crippen molar-refractivity contribution >= 4 is 0 Å². The van der Waals surface area contributed by atoms with Crippen LogP contribution in [-0.4, -0.2) is 18.0 Å². The molecule has 0 spiro atoms. The zero-order valence-electron chi connectivity index (χ0n) is 10.2. The fraction of sp³-hybridized carbons (Fsp3) is 0.714. The molecule has 1 nitrogen and oxygen atoms in total. The van der Waals surface area contributed by atoms with Crippen molar-refractivity contribution in [2.24, 2.45) is 0 Å². The van der Waals surface area contributed by atoms with Crippen LogP contribution in [0.2, 0.25) is 0 Å². The van der Waals surface area contributed by atoms with Gasteiger partial charge in [0, 0.05) is 18.8 Å². The molecule has 0 unspecified atom stereocenters. The Morgan fingerprint density at radius 3 is 2.40 bits per heavy atom. The Bertz CT molecular complexity index is 205. The van der Waals surface area contributed by atoms with Crippen molar-refractivity contribution in [3.8, 4) is 0 Å². The van der Waals surface area contributed by atoms with E-state index in [2.05, 4.69) is 30.6 Å². The Kier molecular flexibility index (Phi) is 6.22. The lowest BCUT2D eigenvalue weighted by atomic mass is 10.1. The molecule has 1 aliphatic heterocycles. The first-order valence-electron chi connectivity index (χ1n) is 6.45. The van der Waals surface area contributed by atoms with E-state index >= 15 is 0 Å². The third-order valence-electron chi connectivity index (χ3n) is 3.07. The molecule has 1 rings (SSSR count). The minimum Gasteiger partial charge on any atom is -0.368 e. The summed E-state index contributed by atoms with van der Waals surface area (Å²) in [5, 5.41) is 0. The fourth-order valence-electron chi connectivity index (χ4n) is 2.03. The van der Waals surface area contributed by atoms with E-state index in [1.165, 1.54) is 57.2 Å². The van der Waals surface area contributed by atoms with E-state index in [1.807, 2.05) is 0 Å². The molecule has 0 aliphatic carbocycles. The molecule has 0 saturated heterocycles. The average Bonchev–Trinajstić information content (AvgIpc) is 2.63. The third-order valence-corrected chi connectivity index (χ3v) is 3.07. The van der Waals surface area contributed by atoms with E-state index in [1.54, 1.807) is 0 Å². The number of unbranched alkanes of at least 4 members (excludes halogenated alkanes) is 6. The molecule has 1 heteroatoms. The summed E-state index contributed by atoms with van der Waals surface area (Å²) in [5.41, 5.74) is 1.20. The number of allylic oxidation sites excluding steroid dienone is 1. The topological polar surface area (TPSA) is 3.24 Å². The van der Waals surface area contributed by atoms with Crippen LogP contribution in [-0.2, 0) is 0 Å². The maximum Gasteiger partial charge on any atom is 0.0363 e. The normalized spacial score (nSPS) is 15.3. The lowest BCUT2D eigenvalue weighted by Crippen LogP contribution is -2.18. The van der Waals surface area contributed by atoms with E-state index in [0.29, 0.717) is 0 Å². The zero-order valence-corrected chi connectivity index (χ0v) is 10.2. The molecule has 0 aromatic rings. The number of hydrogen-bond donors (Lipinski definition) is 0. The molecule has 0 N–H and O–H groups in total. The van der Waals surface area contributed by atoms with Crippen LogP contribution in [0.25, 0.3) is 0 Å². The first-order valence-corrected chi connectivity index (χ1v) is 6.45. The van der Waals surface area contributed by atoms with E-state index in [0.717, 1.165) is 6.54 Å². The Balaban J connectivity index is 1.87. The molecule has 0 saturated carbocycles. The van der Waals surface area contributed by atoms with Gasteiger partial charge in [-0.2, -0.15) is 0 Å². The maximum atomic E-state index is 4.01. The highest BCUT2D eigenvalue weighted by Crippen LogP contribution is 2.13. The molecule has 0 atom stereocenters. The van der Waals surface area contributed by atoms with Crippen LogP contribution in [0.15, 0.2) is 24.4 Å². The average molecular weight is 207 g/mol. The van der Waals surface area contributed by atoms with Crippen molar-refractivity contribution in [2.75, 3.05) is 13.1 Å². The monoisotopic (exact) mass is 207 g/mol. The molecule has 0 aromatic carbocycles. The summed E-state index contributed by atoms with van der Waals surface area (Å²) in [6.07, 6.45) is 14.0. The second kappa shape index (κ2) is 7.56. The van der Waals surface area contributed by atoms with Gasteiger partial charge in [-0.05, 0) is 12.5 Å². The summed E-state index contributed by atoms with van der Waals surface area (Å²) in [7, 11) is 0. The standard InChI is InChI=1S/C14H25N/c1-3-4-5-6-7-8-9-12-15-13-10-11-14(15)2/h10-11H,2-9,12-13H2,1H3. The first-order chi connectivity index (χ1) is 7.34. The van der Waals surface area contributed by atoms with Gasteiger partial charge in [-0.3, -0.25) is 0 Å². The van der Waals surface area contributed by atoms with Crippen molar-refractivity contribution < 1.29 is 0 Å². The Morgan fingerprint density at radius 1 is 1.13 bits per heavy atom. The smallest absolute Gasteiger partial charge is 0.0363 e. The van der Waals surface area contributed by atoms with Gasteiger partial charge < -0.3 is 4.90 Å². The Hall–Kier alpha value is -0.720. The van der Waals surface area contributed by atoms with Gasteiger partial charge in [-0.15, -0.1) is 0 Å². The zero-order chi connectivity index (χ0) is 10.9. The van der Waals surface area contributed by atoms with Crippen LogP contribution in [0.3, 0.4) is 0 Å². The minimum atomic E-state index is 1.08. The van der Waals surface area contributed by atoms with E-state index in [9.17, 15) is 0 Å².